The molecule has 2 radical (unpaired) electrons. The molecule has 1 aromatic rings. The van der Waals surface area contributed by atoms with Crippen LogP contribution in [0.2, 0.25) is 0 Å². The average molecular weight is 607 g/mol. The molecule has 0 unspecified atom stereocenters. The normalized spacial score (nSPS) is 14.6. The summed E-state index contributed by atoms with van der Waals surface area (Å²) in [5.74, 6) is 0. The number of hydrogen-bond donors (Lipinski definition) is 0. The van der Waals surface area contributed by atoms with E-state index in [4.69, 9.17) is 10.2 Å². The Bertz CT molecular complexity index is 773. The zero-order chi connectivity index (χ0) is 26.0. The van der Waals surface area contributed by atoms with Crippen LogP contribution in [-0.2, 0) is 31.9 Å². The molecule has 0 fully saturated rings. The Morgan fingerprint density at radius 3 is 1.45 bits per heavy atom. The third-order valence-corrected chi connectivity index (χ3v) is 6.62. The van der Waals surface area contributed by atoms with Crippen LogP contribution in [0.5, 0.6) is 0 Å². The van der Waals surface area contributed by atoms with E-state index in [0.717, 1.165) is 0 Å². The summed E-state index contributed by atoms with van der Waals surface area (Å²) in [7, 11) is -8.69. The second-order valence-corrected chi connectivity index (χ2v) is 13.7. The number of nitrogens with zero attached hydrogens (tertiary/aromatic N) is 3. The van der Waals surface area contributed by atoms with Crippen LogP contribution in [0.4, 0.5) is 25.2 Å². The fourth-order valence-electron chi connectivity index (χ4n) is 2.44. The van der Waals surface area contributed by atoms with E-state index in [9.17, 15) is 25.2 Å². The van der Waals surface area contributed by atoms with Crippen molar-refractivity contribution in [3.63, 3.8) is 0 Å². The van der Waals surface area contributed by atoms with Crippen LogP contribution >= 0.6 is 15.7 Å². The van der Waals surface area contributed by atoms with Crippen molar-refractivity contribution in [1.82, 2.24) is 9.55 Å². The average Bonchev–Trinajstić information content (AvgIpc) is 3.17. The van der Waals surface area contributed by atoms with Gasteiger partial charge in [0.1, 0.15) is 5.57 Å². The Hall–Kier alpha value is -0.757. The molecule has 0 bridgehead atoms. The third-order valence-electron chi connectivity index (χ3n) is 3.52. The Morgan fingerprint density at radius 1 is 0.939 bits per heavy atom. The van der Waals surface area contributed by atoms with Crippen molar-refractivity contribution in [2.45, 2.75) is 72.1 Å². The maximum atomic E-state index is 9.87. The van der Waals surface area contributed by atoms with Crippen LogP contribution < -0.4 is 5.57 Å². The van der Waals surface area contributed by atoms with Crippen molar-refractivity contribution in [3.05, 3.63) is 42.6 Å². The summed E-state index contributed by atoms with van der Waals surface area (Å²) in [6, 6.07) is 1.75. The first-order chi connectivity index (χ1) is 14.0. The van der Waals surface area contributed by atoms with Crippen molar-refractivity contribution in [1.29, 1.82) is 5.26 Å². The van der Waals surface area contributed by atoms with Gasteiger partial charge in [0.2, 0.25) is 0 Å². The molecule has 0 spiro atoms. The van der Waals surface area contributed by atoms with E-state index in [0.29, 0.717) is 11.3 Å². The fraction of sp³-hybridized carbons (Fsp3) is 0.571. The number of imidazole rings is 1. The summed E-state index contributed by atoms with van der Waals surface area (Å²) in [5.41, 5.74) is 4.04. The zero-order valence-electron chi connectivity index (χ0n) is 20.5. The van der Waals surface area contributed by atoms with Crippen LogP contribution in [0.25, 0.3) is 0 Å². The van der Waals surface area contributed by atoms with Gasteiger partial charge < -0.3 is 4.57 Å². The van der Waals surface area contributed by atoms with Gasteiger partial charge in [-0.2, -0.15) is 5.26 Å². The summed E-state index contributed by atoms with van der Waals surface area (Å²) < 4.78 is 61.4. The smallest absolute Gasteiger partial charge is 0.0767 e. The number of aromatic nitrogens is 2. The van der Waals surface area contributed by atoms with Gasteiger partial charge in [0.15, 0.2) is 0 Å². The van der Waals surface area contributed by atoms with Gasteiger partial charge in [-0.3, -0.25) is 0 Å². The van der Waals surface area contributed by atoms with Crippen molar-refractivity contribution in [2.24, 2.45) is 7.05 Å². The minimum Gasteiger partial charge on any atom is -0.0767 e. The van der Waals surface area contributed by atoms with Crippen molar-refractivity contribution in [2.75, 3.05) is 0 Å². The molecule has 194 valence electrons. The minimum absolute atomic E-state index is 0. The molecule has 1 aliphatic rings. The first-order valence-corrected chi connectivity index (χ1v) is 13.4. The largest absolute Gasteiger partial charge is 1.00 e. The number of aryl methyl sites for hydroxylation is 1. The Labute approximate surface area is 208 Å². The number of hydrogen-bond acceptors (Lipinski definition) is 2. The number of halogens is 6. The van der Waals surface area contributed by atoms with Crippen molar-refractivity contribution >= 4 is 21.3 Å². The van der Waals surface area contributed by atoms with Gasteiger partial charge in [-0.05, 0) is 19.2 Å². The topological polar surface area (TPSA) is 41.6 Å². The van der Waals surface area contributed by atoms with E-state index in [1.807, 2.05) is 30.7 Å². The summed E-state index contributed by atoms with van der Waals surface area (Å²) in [5, 5.41) is 7.32. The summed E-state index contributed by atoms with van der Waals surface area (Å²) in [6.45, 7) is 17.4. The number of nitriles is 1. The molecule has 12 heteroatoms. The van der Waals surface area contributed by atoms with Gasteiger partial charge in [0.05, 0.1) is 11.8 Å². The van der Waals surface area contributed by atoms with Crippen LogP contribution in [-0.4, -0.2) is 20.9 Å². The Morgan fingerprint density at radius 2 is 1.27 bits per heavy atom. The second kappa shape index (κ2) is 13.4. The molecular formula is C21H35F6N3P2Ru. The van der Waals surface area contributed by atoms with E-state index in [-0.39, 0.29) is 32.8 Å². The van der Waals surface area contributed by atoms with E-state index < -0.39 is 7.81 Å². The Kier molecular flexibility index (Phi) is 14.9. The van der Waals surface area contributed by atoms with Gasteiger partial charge >= 0.3 is 52.5 Å². The van der Waals surface area contributed by atoms with Crippen LogP contribution in [0.3, 0.4) is 0 Å². The quantitative estimate of drug-likeness (QED) is 0.196. The molecule has 1 aromatic heterocycles. The van der Waals surface area contributed by atoms with E-state index >= 15 is 0 Å². The van der Waals surface area contributed by atoms with Crippen LogP contribution in [0, 0.1) is 17.8 Å². The molecule has 0 saturated heterocycles. The van der Waals surface area contributed by atoms with Gasteiger partial charge in [-0.25, -0.2) is 4.98 Å². The van der Waals surface area contributed by atoms with Crippen molar-refractivity contribution in [3.8, 4) is 6.07 Å². The predicted octanol–water partition coefficient (Wildman–Crippen LogP) is 8.87. The standard InChI is InChI=1S/C14H27N2P.C5H5.C2H3N.F6P.Ru/c1-10(2)17(11(3)4)13-15-12(9-16(13)8)14(5,6)7;1-2-4-5-3-1;1-2-3;1-7(2,3,4,5)6;/h9-11H,1-8H3;1-5H;1H3;;/q;;;-1;+1. The first-order valence-electron chi connectivity index (χ1n) is 9.87. The number of rotatable bonds is 3. The molecule has 0 amide bonds. The maximum Gasteiger partial charge on any atom is 1.00 e. The van der Waals surface area contributed by atoms with Gasteiger partial charge in [-0.1, -0.05) is 72.8 Å². The Balaban J connectivity index is -0.000000462. The number of allylic oxidation sites excluding steroid dienone is 4. The predicted molar refractivity (Wildman–Crippen MR) is 126 cm³/mol. The fourth-order valence-corrected chi connectivity index (χ4v) is 5.20. The van der Waals surface area contributed by atoms with Gasteiger partial charge in [0, 0.05) is 32.0 Å². The molecule has 0 aliphatic heterocycles. The molecule has 33 heavy (non-hydrogen) atoms. The molecule has 0 saturated carbocycles. The third kappa shape index (κ3) is 22.8. The maximum absolute atomic E-state index is 10.7. The molecule has 2 rings (SSSR count). The molecule has 0 atom stereocenters. The van der Waals surface area contributed by atoms with Crippen molar-refractivity contribution < 1.29 is 44.7 Å². The molecule has 0 N–H and O–H groups in total. The molecular weight excluding hydrogens is 571 g/mol. The zero-order valence-corrected chi connectivity index (χ0v) is 24.0. The minimum atomic E-state index is -10.7. The summed E-state index contributed by atoms with van der Waals surface area (Å²) in [4.78, 5) is 4.92. The van der Waals surface area contributed by atoms with Crippen LogP contribution in [0.15, 0.2) is 30.5 Å². The molecule has 3 nitrogen and oxygen atoms in total. The van der Waals surface area contributed by atoms with E-state index in [2.05, 4.69) is 66.3 Å². The SMILES string of the molecule is CC#N.CC(C)P(c1nc(C(C)(C)C)cn1C)C(C)C.F[P-](F)(F)(F)(F)F.[CH]1C=CC=C1.[Ru+]. The second-order valence-electron chi connectivity index (χ2n) is 8.53. The van der Waals surface area contributed by atoms with Gasteiger partial charge in [-0.15, -0.1) is 0 Å². The molecule has 0 aromatic carbocycles. The van der Waals surface area contributed by atoms with E-state index in [1.54, 1.807) is 6.07 Å². The monoisotopic (exact) mass is 607 g/mol. The van der Waals surface area contributed by atoms with Crippen LogP contribution in [0.1, 0.15) is 61.1 Å². The summed E-state index contributed by atoms with van der Waals surface area (Å²) in [6.07, 6.45) is 12.2. The summed E-state index contributed by atoms with van der Waals surface area (Å²) >= 11 is 0. The van der Waals surface area contributed by atoms with Gasteiger partial charge in [0.25, 0.3) is 0 Å². The molecule has 1 aliphatic carbocycles. The first kappa shape index (κ1) is 36.8. The molecule has 1 heterocycles. The van der Waals surface area contributed by atoms with E-state index in [1.165, 1.54) is 18.2 Å².